The highest BCUT2D eigenvalue weighted by atomic mass is 19.4. The second-order valence-electron chi connectivity index (χ2n) is 14.2. The lowest BCUT2D eigenvalue weighted by Gasteiger charge is -2.16. The number of halogens is 6. The number of esters is 2. The average Bonchev–Trinajstić information content (AvgIpc) is 3.27. The van der Waals surface area contributed by atoms with Crippen molar-refractivity contribution in [2.75, 3.05) is 24.7 Å². The topological polar surface area (TPSA) is 157 Å². The van der Waals surface area contributed by atoms with E-state index in [0.29, 0.717) is 33.5 Å². The van der Waals surface area contributed by atoms with Gasteiger partial charge in [0.1, 0.15) is 23.0 Å². The minimum absolute atomic E-state index is 0.0510. The van der Waals surface area contributed by atoms with Crippen molar-refractivity contribution in [3.05, 3.63) is 178 Å². The van der Waals surface area contributed by atoms with Gasteiger partial charge in [-0.1, -0.05) is 48.6 Å². The Bertz CT molecular complexity index is 2760. The number of ketones is 2. The largest absolute Gasteiger partial charge is 0.484 e. The molecule has 0 aromatic heterocycles. The van der Waals surface area contributed by atoms with E-state index in [9.17, 15) is 45.5 Å². The van der Waals surface area contributed by atoms with E-state index in [1.165, 1.54) is 103 Å². The van der Waals surface area contributed by atoms with Gasteiger partial charge in [0.15, 0.2) is 24.8 Å². The van der Waals surface area contributed by atoms with Gasteiger partial charge < -0.3 is 30.4 Å². The highest BCUT2D eigenvalue weighted by Gasteiger charge is 2.29. The van der Waals surface area contributed by atoms with Gasteiger partial charge in [-0.05, 0) is 138 Å². The molecule has 0 aliphatic rings. The van der Waals surface area contributed by atoms with Gasteiger partial charge in [-0.15, -0.1) is 0 Å². The molecule has 6 aromatic carbocycles. The molecule has 6 rings (SSSR count). The maximum Gasteiger partial charge on any atom is 0.422 e. The number of nitrogens with two attached hydrogens (primary N) is 2. The second kappa shape index (κ2) is 19.9. The number of ether oxygens (including phenoxy) is 4. The van der Waals surface area contributed by atoms with Crippen molar-refractivity contribution in [2.24, 2.45) is 0 Å². The number of alkyl halides is 6. The molecule has 0 aliphatic carbocycles. The third-order valence-corrected chi connectivity index (χ3v) is 9.37. The van der Waals surface area contributed by atoms with E-state index >= 15 is 0 Å². The molecule has 0 radical (unpaired) electrons. The first-order valence-electron chi connectivity index (χ1n) is 19.3. The number of benzene rings is 6. The third-order valence-electron chi connectivity index (χ3n) is 9.37. The van der Waals surface area contributed by atoms with Crippen molar-refractivity contribution in [1.29, 1.82) is 0 Å². The van der Waals surface area contributed by atoms with Crippen LogP contribution < -0.4 is 30.4 Å². The monoisotopic (exact) mass is 894 g/mol. The van der Waals surface area contributed by atoms with Crippen LogP contribution in [0.15, 0.2) is 140 Å². The zero-order chi connectivity index (χ0) is 46.9. The van der Waals surface area contributed by atoms with Crippen LogP contribution >= 0.6 is 0 Å². The Morgan fingerprint density at radius 2 is 0.938 bits per heavy atom. The Morgan fingerprint density at radius 3 is 1.38 bits per heavy atom. The summed E-state index contributed by atoms with van der Waals surface area (Å²) >= 11 is 0. The lowest BCUT2D eigenvalue weighted by Crippen LogP contribution is -2.19. The molecule has 65 heavy (non-hydrogen) atoms. The van der Waals surface area contributed by atoms with E-state index in [0.717, 1.165) is 0 Å². The summed E-state index contributed by atoms with van der Waals surface area (Å²) < 4.78 is 94.5. The molecule has 16 heteroatoms. The van der Waals surface area contributed by atoms with Crippen LogP contribution in [0.5, 0.6) is 23.0 Å². The van der Waals surface area contributed by atoms with Crippen molar-refractivity contribution in [1.82, 2.24) is 0 Å². The number of allylic oxidation sites excluding steroid dienone is 2. The SMILES string of the molecule is Cc1c(N)ccc(-c2ccc(N)cc2C(=O)C=Cc2ccc(C(=O)Oc3ccc(OCC(F)(F)F)cc3)cc2)c1C(=O)C=Cc1ccc(C(=O)Oc2ccc(OCC(F)(F)F)cc2)cc1. The van der Waals surface area contributed by atoms with Gasteiger partial charge in [0.05, 0.1) is 11.1 Å². The molecule has 4 N–H and O–H groups in total. The summed E-state index contributed by atoms with van der Waals surface area (Å²) in [5.74, 6) is -2.28. The van der Waals surface area contributed by atoms with E-state index < -0.39 is 49.1 Å². The van der Waals surface area contributed by atoms with Crippen LogP contribution in [0.1, 0.15) is 58.1 Å². The first-order valence-corrected chi connectivity index (χ1v) is 19.3. The van der Waals surface area contributed by atoms with Crippen LogP contribution in [-0.4, -0.2) is 49.1 Å². The molecule has 0 spiro atoms. The number of anilines is 2. The molecule has 6 aromatic rings. The molecule has 0 atom stereocenters. The van der Waals surface area contributed by atoms with Crippen molar-refractivity contribution in [2.45, 2.75) is 19.3 Å². The van der Waals surface area contributed by atoms with Gasteiger partial charge in [0.25, 0.3) is 0 Å². The minimum atomic E-state index is -4.50. The Balaban J connectivity index is 1.12. The number of carbonyl (C=O) groups excluding carboxylic acids is 4. The Labute approximate surface area is 367 Å². The van der Waals surface area contributed by atoms with Crippen LogP contribution in [0.3, 0.4) is 0 Å². The average molecular weight is 895 g/mol. The van der Waals surface area contributed by atoms with Crippen molar-refractivity contribution in [3.63, 3.8) is 0 Å². The highest BCUT2D eigenvalue weighted by Crippen LogP contribution is 2.34. The molecule has 332 valence electrons. The van der Waals surface area contributed by atoms with E-state index in [1.54, 1.807) is 55.5 Å². The second-order valence-corrected chi connectivity index (χ2v) is 14.2. The van der Waals surface area contributed by atoms with E-state index in [2.05, 4.69) is 9.47 Å². The first kappa shape index (κ1) is 46.4. The molecular formula is C49H36F6N2O8. The summed E-state index contributed by atoms with van der Waals surface area (Å²) in [7, 11) is 0. The highest BCUT2D eigenvalue weighted by molar-refractivity contribution is 6.16. The van der Waals surface area contributed by atoms with Crippen LogP contribution in [0.25, 0.3) is 23.3 Å². The number of carbonyl (C=O) groups is 4. The first-order chi connectivity index (χ1) is 30.8. The molecule has 0 fully saturated rings. The van der Waals surface area contributed by atoms with Crippen LogP contribution in [0.2, 0.25) is 0 Å². The van der Waals surface area contributed by atoms with Crippen LogP contribution in [0, 0.1) is 6.92 Å². The minimum Gasteiger partial charge on any atom is -0.484 e. The Morgan fingerprint density at radius 1 is 0.523 bits per heavy atom. The molecule has 0 saturated heterocycles. The van der Waals surface area contributed by atoms with Crippen LogP contribution in [0.4, 0.5) is 37.7 Å². The van der Waals surface area contributed by atoms with Crippen molar-refractivity contribution >= 4 is 47.0 Å². The summed E-state index contributed by atoms with van der Waals surface area (Å²) in [4.78, 5) is 53.1. The Kier molecular flexibility index (Phi) is 14.2. The smallest absolute Gasteiger partial charge is 0.422 e. The molecule has 10 nitrogen and oxygen atoms in total. The fourth-order valence-electron chi connectivity index (χ4n) is 6.12. The predicted octanol–water partition coefficient (Wildman–Crippen LogP) is 10.9. The van der Waals surface area contributed by atoms with E-state index in [-0.39, 0.29) is 50.9 Å². The maximum atomic E-state index is 13.9. The summed E-state index contributed by atoms with van der Waals surface area (Å²) in [6.45, 7) is -1.25. The molecule has 0 bridgehead atoms. The van der Waals surface area contributed by atoms with Crippen molar-refractivity contribution < 1.29 is 64.5 Å². The quantitative estimate of drug-likeness (QED) is 0.0254. The lowest BCUT2D eigenvalue weighted by atomic mass is 9.88. The van der Waals surface area contributed by atoms with Crippen molar-refractivity contribution in [3.8, 4) is 34.1 Å². The summed E-state index contributed by atoms with van der Waals surface area (Å²) in [6.07, 6.45) is -3.31. The normalized spacial score (nSPS) is 11.7. The zero-order valence-electron chi connectivity index (χ0n) is 34.0. The van der Waals surface area contributed by atoms with Gasteiger partial charge in [0, 0.05) is 22.5 Å². The maximum absolute atomic E-state index is 13.9. The van der Waals surface area contributed by atoms with E-state index in [4.69, 9.17) is 20.9 Å². The standard InChI is InChI=1S/C49H36F6N2O8/c1-29-42(57)23-22-40(45(29)44(59)25-7-31-4-10-33(11-5-31)47(61)65-38-19-15-36(16-20-38)63-28-49(53,54)55)39-21-12-34(56)26-41(39)43(58)24-6-30-2-8-32(9-3-30)46(60)64-37-17-13-35(14-18-37)62-27-48(50,51)52/h2-26H,27-28,56-57H2,1H3. The number of nitrogen functional groups attached to an aromatic ring is 2. The molecule has 0 heterocycles. The van der Waals surface area contributed by atoms with Gasteiger partial charge in [-0.3, -0.25) is 9.59 Å². The summed E-state index contributed by atoms with van der Waals surface area (Å²) in [6, 6.07) is 30.3. The molecule has 0 unspecified atom stereocenters. The fraction of sp³-hybridized carbons (Fsp3) is 0.102. The molecule has 0 saturated carbocycles. The van der Waals surface area contributed by atoms with E-state index in [1.807, 2.05) is 0 Å². The number of hydrogen-bond donors (Lipinski definition) is 2. The number of rotatable bonds is 15. The fourth-order valence-corrected chi connectivity index (χ4v) is 6.12. The lowest BCUT2D eigenvalue weighted by molar-refractivity contribution is -0.154. The zero-order valence-corrected chi connectivity index (χ0v) is 34.0. The third kappa shape index (κ3) is 13.0. The molecular weight excluding hydrogens is 859 g/mol. The van der Waals surface area contributed by atoms with Gasteiger partial charge in [-0.2, -0.15) is 26.3 Å². The summed E-state index contributed by atoms with van der Waals surface area (Å²) in [5, 5.41) is 0. The Hall–Kier alpha value is -8.14. The predicted molar refractivity (Wildman–Crippen MR) is 231 cm³/mol. The van der Waals surface area contributed by atoms with Gasteiger partial charge in [0.2, 0.25) is 0 Å². The van der Waals surface area contributed by atoms with Gasteiger partial charge >= 0.3 is 24.3 Å². The molecule has 0 amide bonds. The number of hydrogen-bond acceptors (Lipinski definition) is 10. The van der Waals surface area contributed by atoms with Gasteiger partial charge in [-0.25, -0.2) is 9.59 Å². The van der Waals surface area contributed by atoms with Crippen LogP contribution in [-0.2, 0) is 0 Å². The summed E-state index contributed by atoms with van der Waals surface area (Å²) in [5.41, 5.74) is 16.1. The molecule has 0 aliphatic heterocycles.